The topological polar surface area (TPSA) is 102 Å². The highest BCUT2D eigenvalue weighted by Gasteiger charge is 2.10. The van der Waals surface area contributed by atoms with Gasteiger partial charge in [-0.15, -0.1) is 0 Å². The number of nitriles is 1. The summed E-state index contributed by atoms with van der Waals surface area (Å²) in [5.41, 5.74) is 0.249. The average Bonchev–Trinajstić information content (AvgIpc) is 2.44. The van der Waals surface area contributed by atoms with Crippen LogP contribution in [0.3, 0.4) is 0 Å². The summed E-state index contributed by atoms with van der Waals surface area (Å²) in [4.78, 5) is 22.1. The minimum Gasteiger partial charge on any atom is -0.481 e. The van der Waals surface area contributed by atoms with E-state index in [1.54, 1.807) is 6.07 Å². The van der Waals surface area contributed by atoms with Crippen molar-refractivity contribution in [1.29, 1.82) is 5.26 Å². The Labute approximate surface area is 121 Å². The Hall–Kier alpha value is -2.62. The summed E-state index contributed by atoms with van der Waals surface area (Å²) in [7, 11) is 0. The first kappa shape index (κ1) is 16.4. The second-order valence-corrected chi connectivity index (χ2v) is 4.67. The largest absolute Gasteiger partial charge is 0.481 e. The van der Waals surface area contributed by atoms with Gasteiger partial charge in [0.25, 0.3) is 0 Å². The Balaban J connectivity index is 2.47. The molecule has 0 radical (unpaired) electrons. The minimum atomic E-state index is -0.878. The number of benzene rings is 1. The molecule has 0 spiro atoms. The lowest BCUT2D eigenvalue weighted by molar-refractivity contribution is -0.137. The van der Waals surface area contributed by atoms with Crippen LogP contribution in [0.5, 0.6) is 0 Å². The van der Waals surface area contributed by atoms with Crippen molar-refractivity contribution >= 4 is 17.7 Å². The number of hydrogen-bond donors (Lipinski definition) is 3. The van der Waals surface area contributed by atoms with Gasteiger partial charge in [0, 0.05) is 13.0 Å². The van der Waals surface area contributed by atoms with Crippen LogP contribution in [0.25, 0.3) is 0 Å². The van der Waals surface area contributed by atoms with Crippen LogP contribution in [0.4, 0.5) is 14.9 Å². The second kappa shape index (κ2) is 7.85. The zero-order valence-electron chi connectivity index (χ0n) is 11.5. The molecule has 0 fully saturated rings. The third-order valence-electron chi connectivity index (χ3n) is 2.81. The van der Waals surface area contributed by atoms with Crippen molar-refractivity contribution in [3.05, 3.63) is 29.6 Å². The monoisotopic (exact) mass is 293 g/mol. The van der Waals surface area contributed by atoms with Crippen LogP contribution >= 0.6 is 0 Å². The molecule has 112 valence electrons. The van der Waals surface area contributed by atoms with E-state index in [1.807, 2.05) is 6.92 Å². The molecule has 1 aromatic carbocycles. The molecule has 0 saturated heterocycles. The van der Waals surface area contributed by atoms with Crippen LogP contribution in [-0.4, -0.2) is 23.7 Å². The summed E-state index contributed by atoms with van der Waals surface area (Å²) in [6.07, 6.45) is 0.497. The number of carbonyl (C=O) groups is 2. The van der Waals surface area contributed by atoms with E-state index < -0.39 is 17.8 Å². The van der Waals surface area contributed by atoms with Crippen LogP contribution in [0.1, 0.15) is 25.3 Å². The molecule has 3 N–H and O–H groups in total. The Kier molecular flexibility index (Phi) is 6.14. The highest BCUT2D eigenvalue weighted by Crippen LogP contribution is 2.15. The molecule has 0 aromatic heterocycles. The van der Waals surface area contributed by atoms with E-state index in [2.05, 4.69) is 10.6 Å². The standard InChI is InChI=1S/C14H16FN3O3/c1-9(2-5-13(19)20)8-17-14(21)18-12-4-3-11(15)6-10(12)7-16/h3-4,6,9H,2,5,8H2,1H3,(H,19,20)(H2,17,18,21). The Morgan fingerprint density at radius 3 is 2.81 bits per heavy atom. The number of carboxylic acid groups (broad SMARTS) is 1. The van der Waals surface area contributed by atoms with Gasteiger partial charge in [-0.2, -0.15) is 5.26 Å². The first-order chi connectivity index (χ1) is 9.92. The van der Waals surface area contributed by atoms with E-state index in [1.165, 1.54) is 6.07 Å². The predicted octanol–water partition coefficient (Wildman–Crippen LogP) is 2.32. The quantitative estimate of drug-likeness (QED) is 0.749. The maximum absolute atomic E-state index is 12.9. The molecule has 0 aliphatic carbocycles. The van der Waals surface area contributed by atoms with Crippen molar-refractivity contribution in [2.45, 2.75) is 19.8 Å². The summed E-state index contributed by atoms with van der Waals surface area (Å²) in [5.74, 6) is -1.42. The van der Waals surface area contributed by atoms with Crippen LogP contribution in [0, 0.1) is 23.1 Å². The number of hydrogen-bond acceptors (Lipinski definition) is 3. The first-order valence-corrected chi connectivity index (χ1v) is 6.38. The van der Waals surface area contributed by atoms with Gasteiger partial charge in [-0.3, -0.25) is 4.79 Å². The van der Waals surface area contributed by atoms with E-state index >= 15 is 0 Å². The molecule has 0 aliphatic rings. The lowest BCUT2D eigenvalue weighted by Crippen LogP contribution is -2.32. The van der Waals surface area contributed by atoms with Crippen molar-refractivity contribution in [3.8, 4) is 6.07 Å². The van der Waals surface area contributed by atoms with Crippen molar-refractivity contribution in [3.63, 3.8) is 0 Å². The molecule has 2 amide bonds. The number of nitrogens with zero attached hydrogens (tertiary/aromatic N) is 1. The molecule has 1 rings (SSSR count). The maximum Gasteiger partial charge on any atom is 0.319 e. The molecular formula is C14H16FN3O3. The van der Waals surface area contributed by atoms with E-state index in [4.69, 9.17) is 10.4 Å². The maximum atomic E-state index is 12.9. The van der Waals surface area contributed by atoms with Crippen molar-refractivity contribution in [2.75, 3.05) is 11.9 Å². The first-order valence-electron chi connectivity index (χ1n) is 6.38. The lowest BCUT2D eigenvalue weighted by atomic mass is 10.1. The van der Waals surface area contributed by atoms with Gasteiger partial charge in [-0.25, -0.2) is 9.18 Å². The van der Waals surface area contributed by atoms with Gasteiger partial charge in [0.2, 0.25) is 0 Å². The van der Waals surface area contributed by atoms with Gasteiger partial charge in [-0.1, -0.05) is 6.92 Å². The fourth-order valence-corrected chi connectivity index (χ4v) is 1.62. The molecule has 1 aromatic rings. The van der Waals surface area contributed by atoms with E-state index in [9.17, 15) is 14.0 Å². The molecule has 7 heteroatoms. The number of aliphatic carboxylic acids is 1. The number of halogens is 1. The molecule has 21 heavy (non-hydrogen) atoms. The smallest absolute Gasteiger partial charge is 0.319 e. The van der Waals surface area contributed by atoms with Crippen LogP contribution < -0.4 is 10.6 Å². The van der Waals surface area contributed by atoms with Gasteiger partial charge in [0.05, 0.1) is 11.3 Å². The zero-order valence-corrected chi connectivity index (χ0v) is 11.5. The second-order valence-electron chi connectivity index (χ2n) is 4.67. The van der Waals surface area contributed by atoms with Gasteiger partial charge in [0.1, 0.15) is 11.9 Å². The fraction of sp³-hybridized carbons (Fsp3) is 0.357. The van der Waals surface area contributed by atoms with Crippen LogP contribution in [-0.2, 0) is 4.79 Å². The van der Waals surface area contributed by atoms with Gasteiger partial charge in [-0.05, 0) is 30.5 Å². The van der Waals surface area contributed by atoms with Crippen LogP contribution in [0.2, 0.25) is 0 Å². The molecule has 0 aliphatic heterocycles. The number of rotatable bonds is 6. The van der Waals surface area contributed by atoms with E-state index in [0.717, 1.165) is 12.1 Å². The van der Waals surface area contributed by atoms with Crippen molar-refractivity contribution < 1.29 is 19.1 Å². The summed E-state index contributed by atoms with van der Waals surface area (Å²) in [6, 6.07) is 4.75. The van der Waals surface area contributed by atoms with E-state index in [0.29, 0.717) is 13.0 Å². The number of amides is 2. The number of nitrogens with one attached hydrogen (secondary N) is 2. The summed E-state index contributed by atoms with van der Waals surface area (Å²) in [5, 5.41) is 22.4. The molecule has 1 atom stereocenters. The minimum absolute atomic E-state index is 0.00973. The molecule has 0 saturated carbocycles. The number of urea groups is 1. The molecular weight excluding hydrogens is 277 g/mol. The number of anilines is 1. The third-order valence-corrected chi connectivity index (χ3v) is 2.81. The lowest BCUT2D eigenvalue weighted by Gasteiger charge is -2.13. The Morgan fingerprint density at radius 2 is 2.19 bits per heavy atom. The Bertz CT molecular complexity index is 569. The van der Waals surface area contributed by atoms with Gasteiger partial charge >= 0.3 is 12.0 Å². The zero-order chi connectivity index (χ0) is 15.8. The molecule has 0 bridgehead atoms. The van der Waals surface area contributed by atoms with Gasteiger partial charge < -0.3 is 15.7 Å². The summed E-state index contributed by atoms with van der Waals surface area (Å²) >= 11 is 0. The van der Waals surface area contributed by atoms with Crippen molar-refractivity contribution in [1.82, 2.24) is 5.32 Å². The molecule has 1 unspecified atom stereocenters. The number of carboxylic acids is 1. The fourth-order valence-electron chi connectivity index (χ4n) is 1.62. The predicted molar refractivity (Wildman–Crippen MR) is 74.2 cm³/mol. The highest BCUT2D eigenvalue weighted by molar-refractivity contribution is 5.90. The van der Waals surface area contributed by atoms with Gasteiger partial charge in [0.15, 0.2) is 0 Å². The van der Waals surface area contributed by atoms with E-state index in [-0.39, 0.29) is 23.6 Å². The summed E-state index contributed by atoms with van der Waals surface area (Å²) < 4.78 is 12.9. The molecule has 0 heterocycles. The summed E-state index contributed by atoms with van der Waals surface area (Å²) in [6.45, 7) is 2.13. The van der Waals surface area contributed by atoms with Crippen LogP contribution in [0.15, 0.2) is 18.2 Å². The number of carbonyl (C=O) groups excluding carboxylic acids is 1. The Morgan fingerprint density at radius 1 is 1.48 bits per heavy atom. The SMILES string of the molecule is CC(CCC(=O)O)CNC(=O)Nc1ccc(F)cc1C#N. The highest BCUT2D eigenvalue weighted by atomic mass is 19.1. The molecule has 6 nitrogen and oxygen atoms in total. The van der Waals surface area contributed by atoms with Crippen molar-refractivity contribution in [2.24, 2.45) is 5.92 Å². The normalized spacial score (nSPS) is 11.3. The third kappa shape index (κ3) is 5.91. The average molecular weight is 293 g/mol.